The molecular formula is C22H24ClF3N4O7S. The molecule has 0 saturated heterocycles. The second-order valence-electron chi connectivity index (χ2n) is 9.38. The number of carbonyl (C=O) groups is 2. The van der Waals surface area contributed by atoms with Gasteiger partial charge in [-0.2, -0.15) is 18.3 Å². The number of halogens is 4. The van der Waals surface area contributed by atoms with Gasteiger partial charge in [-0.1, -0.05) is 11.6 Å². The van der Waals surface area contributed by atoms with E-state index in [9.17, 15) is 36.3 Å². The summed E-state index contributed by atoms with van der Waals surface area (Å²) in [7, 11) is -4.37. The van der Waals surface area contributed by atoms with Gasteiger partial charge in [0.15, 0.2) is 5.15 Å². The first-order valence-corrected chi connectivity index (χ1v) is 13.2. The zero-order valence-corrected chi connectivity index (χ0v) is 21.9. The van der Waals surface area contributed by atoms with E-state index in [1.165, 1.54) is 29.1 Å². The molecule has 4 rings (SSSR count). The maximum atomic E-state index is 13.7. The van der Waals surface area contributed by atoms with Crippen LogP contribution in [0.1, 0.15) is 27.2 Å². The number of alkyl halides is 3. The first-order chi connectivity index (χ1) is 17.5. The van der Waals surface area contributed by atoms with Crippen LogP contribution in [0.5, 0.6) is 5.75 Å². The zero-order valence-electron chi connectivity index (χ0n) is 20.3. The Morgan fingerprint density at radius 1 is 1.32 bits per heavy atom. The van der Waals surface area contributed by atoms with Gasteiger partial charge >= 0.3 is 18.2 Å². The van der Waals surface area contributed by atoms with Gasteiger partial charge in [0.25, 0.3) is 10.0 Å². The van der Waals surface area contributed by atoms with Gasteiger partial charge in [-0.25, -0.2) is 13.2 Å². The molecule has 1 aliphatic carbocycles. The fourth-order valence-electron chi connectivity index (χ4n) is 3.98. The average molecular weight is 581 g/mol. The van der Waals surface area contributed by atoms with E-state index in [0.717, 1.165) is 4.31 Å². The molecule has 38 heavy (non-hydrogen) atoms. The minimum Gasteiger partial charge on any atom is -0.486 e. The van der Waals surface area contributed by atoms with Crippen molar-refractivity contribution in [2.45, 2.75) is 56.5 Å². The highest BCUT2D eigenvalue weighted by Gasteiger charge is 2.53. The number of benzene rings is 1. The highest BCUT2D eigenvalue weighted by molar-refractivity contribution is 7.93. The minimum atomic E-state index is -4.83. The molecular weight excluding hydrogens is 557 g/mol. The number of nitrogens with one attached hydrogen (secondary N) is 1. The van der Waals surface area contributed by atoms with Gasteiger partial charge in [-0.15, -0.1) is 0 Å². The number of rotatable bonds is 7. The van der Waals surface area contributed by atoms with Gasteiger partial charge in [0.2, 0.25) is 5.60 Å². The average Bonchev–Trinajstić information content (AvgIpc) is 3.52. The highest BCUT2D eigenvalue weighted by Crippen LogP contribution is 2.48. The Hall–Kier alpha value is -3.20. The van der Waals surface area contributed by atoms with Gasteiger partial charge < -0.3 is 14.6 Å². The van der Waals surface area contributed by atoms with Crippen LogP contribution in [0.25, 0.3) is 0 Å². The number of hydrogen-bond donors (Lipinski definition) is 2. The lowest BCUT2D eigenvalue weighted by Crippen LogP contribution is -2.45. The molecule has 1 aliphatic heterocycles. The summed E-state index contributed by atoms with van der Waals surface area (Å²) in [4.78, 5) is 23.3. The third-order valence-electron chi connectivity index (χ3n) is 6.34. The Labute approximate surface area is 220 Å². The number of aromatic nitrogens is 2. The number of anilines is 2. The van der Waals surface area contributed by atoms with Crippen LogP contribution >= 0.6 is 11.6 Å². The Balaban J connectivity index is 1.68. The molecule has 0 bridgehead atoms. The van der Waals surface area contributed by atoms with Gasteiger partial charge in [0.05, 0.1) is 18.2 Å². The minimum absolute atomic E-state index is 0.0398. The topological polar surface area (TPSA) is 140 Å². The van der Waals surface area contributed by atoms with Crippen LogP contribution in [-0.4, -0.2) is 59.8 Å². The summed E-state index contributed by atoms with van der Waals surface area (Å²) in [5, 5.41) is 15.2. The summed E-state index contributed by atoms with van der Waals surface area (Å²) in [6, 6.07) is 3.81. The molecule has 1 fully saturated rings. The SMILES string of the molecule is CCn1cc(S(=O)(=O)N2C[C@H]([C@@H]3C[C@H]3C(=O)O)Oc3ccc(NC(=O)OC(C)(C)C(F)(F)F)cc32)c(Cl)n1. The van der Waals surface area contributed by atoms with Crippen LogP contribution in [0.2, 0.25) is 5.15 Å². The lowest BCUT2D eigenvalue weighted by atomic mass is 10.1. The molecule has 1 aromatic carbocycles. The zero-order chi connectivity index (χ0) is 28.2. The number of amides is 1. The van der Waals surface area contributed by atoms with Crippen molar-refractivity contribution in [1.82, 2.24) is 9.78 Å². The monoisotopic (exact) mass is 580 g/mol. The second-order valence-corrected chi connectivity index (χ2v) is 11.6. The third-order valence-corrected chi connectivity index (χ3v) is 8.51. The number of sulfonamides is 1. The molecule has 2 aromatic rings. The summed E-state index contributed by atoms with van der Waals surface area (Å²) < 4.78 is 79.4. The third kappa shape index (κ3) is 5.21. The maximum Gasteiger partial charge on any atom is 0.427 e. The van der Waals surface area contributed by atoms with Crippen LogP contribution < -0.4 is 14.4 Å². The van der Waals surface area contributed by atoms with Crippen molar-refractivity contribution in [2.24, 2.45) is 11.8 Å². The molecule has 1 amide bonds. The van der Waals surface area contributed by atoms with E-state index in [0.29, 0.717) is 26.8 Å². The first-order valence-electron chi connectivity index (χ1n) is 11.4. The van der Waals surface area contributed by atoms with E-state index in [1.807, 2.05) is 0 Å². The number of carboxylic acids is 1. The molecule has 16 heteroatoms. The van der Waals surface area contributed by atoms with Crippen molar-refractivity contribution in [2.75, 3.05) is 16.2 Å². The fraction of sp³-hybridized carbons (Fsp3) is 0.500. The quantitative estimate of drug-likeness (QED) is 0.498. The van der Waals surface area contributed by atoms with Gasteiger partial charge in [-0.05, 0) is 45.4 Å². The number of aryl methyl sites for hydroxylation is 1. The van der Waals surface area contributed by atoms with Crippen molar-refractivity contribution in [1.29, 1.82) is 0 Å². The van der Waals surface area contributed by atoms with E-state index in [-0.39, 0.29) is 33.7 Å². The molecule has 11 nitrogen and oxygen atoms in total. The largest absolute Gasteiger partial charge is 0.486 e. The number of fused-ring (bicyclic) bond motifs is 1. The standard InChI is InChI=1S/C22H24ClF3N4O7S/c1-4-29-10-17(18(23)28-29)38(34,35)30-9-16(12-8-13(12)19(31)32)36-15-6-5-11(7-14(15)30)27-20(33)37-21(2,3)22(24,25)26/h5-7,10,12-13,16H,4,8-9H2,1-3H3,(H,27,33)(H,31,32)/t12-,13-,16-/m1/s1. The van der Waals surface area contributed by atoms with Crippen molar-refractivity contribution in [3.63, 3.8) is 0 Å². The van der Waals surface area contributed by atoms with Crippen LogP contribution in [-0.2, 0) is 26.1 Å². The molecule has 0 unspecified atom stereocenters. The molecule has 2 heterocycles. The van der Waals surface area contributed by atoms with E-state index in [1.54, 1.807) is 6.92 Å². The predicted molar refractivity (Wildman–Crippen MR) is 128 cm³/mol. The van der Waals surface area contributed by atoms with Gasteiger partial charge in [0, 0.05) is 24.3 Å². The number of nitrogens with zero attached hydrogens (tertiary/aromatic N) is 3. The number of carbonyl (C=O) groups excluding carboxylic acids is 1. The fourth-order valence-corrected chi connectivity index (χ4v) is 5.91. The summed E-state index contributed by atoms with van der Waals surface area (Å²) in [5.74, 6) is -2.09. The van der Waals surface area contributed by atoms with Crippen LogP contribution in [0.4, 0.5) is 29.3 Å². The summed E-state index contributed by atoms with van der Waals surface area (Å²) >= 11 is 6.12. The Morgan fingerprint density at radius 3 is 2.55 bits per heavy atom. The Morgan fingerprint density at radius 2 is 2.00 bits per heavy atom. The lowest BCUT2D eigenvalue weighted by Gasteiger charge is -2.36. The second kappa shape index (κ2) is 9.52. The molecule has 208 valence electrons. The summed E-state index contributed by atoms with van der Waals surface area (Å²) in [6.45, 7) is 3.17. The maximum absolute atomic E-state index is 13.7. The lowest BCUT2D eigenvalue weighted by molar-refractivity contribution is -0.242. The molecule has 1 aromatic heterocycles. The van der Waals surface area contributed by atoms with Crippen LogP contribution in [0.3, 0.4) is 0 Å². The molecule has 2 N–H and O–H groups in total. The highest BCUT2D eigenvalue weighted by atomic mass is 35.5. The first kappa shape index (κ1) is 27.8. The van der Waals surface area contributed by atoms with E-state index < -0.39 is 51.8 Å². The van der Waals surface area contributed by atoms with E-state index in [2.05, 4.69) is 15.2 Å². The number of carboxylic acid groups (broad SMARTS) is 1. The van der Waals surface area contributed by atoms with Crippen molar-refractivity contribution < 1.29 is 45.8 Å². The van der Waals surface area contributed by atoms with Crippen molar-refractivity contribution in [3.05, 3.63) is 29.5 Å². The van der Waals surface area contributed by atoms with E-state index in [4.69, 9.17) is 16.3 Å². The number of ether oxygens (including phenoxy) is 2. The summed E-state index contributed by atoms with van der Waals surface area (Å²) in [6.07, 6.45) is -5.48. The molecule has 0 radical (unpaired) electrons. The van der Waals surface area contributed by atoms with Crippen molar-refractivity contribution in [3.8, 4) is 5.75 Å². The number of hydrogen-bond acceptors (Lipinski definition) is 7. The molecule has 1 saturated carbocycles. The molecule has 3 atom stereocenters. The number of aliphatic carboxylic acids is 1. The Kier molecular flexibility index (Phi) is 6.97. The molecule has 2 aliphatic rings. The summed E-state index contributed by atoms with van der Waals surface area (Å²) in [5.41, 5.74) is -2.89. The van der Waals surface area contributed by atoms with Crippen molar-refractivity contribution >= 4 is 45.1 Å². The Bertz CT molecular complexity index is 1380. The molecule has 0 spiro atoms. The predicted octanol–water partition coefficient (Wildman–Crippen LogP) is 4.12. The van der Waals surface area contributed by atoms with E-state index >= 15 is 0 Å². The van der Waals surface area contributed by atoms with Crippen LogP contribution in [0.15, 0.2) is 29.3 Å². The van der Waals surface area contributed by atoms with Gasteiger partial charge in [-0.3, -0.25) is 19.1 Å². The van der Waals surface area contributed by atoms with Gasteiger partial charge in [0.1, 0.15) is 16.7 Å². The normalized spacial score (nSPS) is 21.3. The van der Waals surface area contributed by atoms with Crippen LogP contribution in [0, 0.1) is 11.8 Å². The smallest absolute Gasteiger partial charge is 0.427 e.